The van der Waals surface area contributed by atoms with E-state index in [-0.39, 0.29) is 53.1 Å². The molecule has 4 atom stereocenters. The Morgan fingerprint density at radius 1 is 1.17 bits per heavy atom. The summed E-state index contributed by atoms with van der Waals surface area (Å²) in [5, 5.41) is 19.3. The molecule has 1 aromatic heterocycles. The smallest absolute Gasteiger partial charge is 0.335 e. The maximum atomic E-state index is 14.3. The average Bonchev–Trinajstić information content (AvgIpc) is 3.49. The minimum absolute atomic E-state index is 0.154. The number of amides is 1. The predicted molar refractivity (Wildman–Crippen MR) is 181 cm³/mol. The first-order valence-electron chi connectivity index (χ1n) is 16.1. The van der Waals surface area contributed by atoms with Crippen molar-refractivity contribution in [3.8, 4) is 5.75 Å². The van der Waals surface area contributed by atoms with Crippen LogP contribution in [-0.4, -0.2) is 101 Å². The highest BCUT2D eigenvalue weighted by Gasteiger charge is 2.31. The molecule has 0 unspecified atom stereocenters. The standard InChI is InChI=1S/C34H47N5O8S/c1-23-17-39(24(2)21-40)33(41)29-16-28(36-48(44,45)32-20-38(5)22-35-32)13-14-30(29)47-25(3)8-6-7-15-46-31(23)19-37(4)18-26-9-11-27(12-10-26)34(42)43/h9-14,16,20,22-25,31,36,40H,6-8,15,17-19,21H2,1-5H3,(H,42,43)/t23-,24+,25-,31+/m0/s1. The number of aliphatic hydroxyl groups is 1. The van der Waals surface area contributed by atoms with Crippen molar-refractivity contribution in [3.63, 3.8) is 0 Å². The van der Waals surface area contributed by atoms with Crippen molar-refractivity contribution in [1.29, 1.82) is 0 Å². The van der Waals surface area contributed by atoms with Crippen molar-refractivity contribution in [1.82, 2.24) is 19.4 Å². The molecule has 2 aromatic carbocycles. The van der Waals surface area contributed by atoms with Gasteiger partial charge in [0.2, 0.25) is 0 Å². The van der Waals surface area contributed by atoms with Gasteiger partial charge in [-0.2, -0.15) is 8.42 Å². The second kappa shape index (κ2) is 16.4. The number of rotatable bonds is 10. The maximum absolute atomic E-state index is 14.3. The van der Waals surface area contributed by atoms with Crippen molar-refractivity contribution < 1.29 is 37.7 Å². The van der Waals surface area contributed by atoms with Crippen molar-refractivity contribution in [2.75, 3.05) is 38.1 Å². The number of carbonyl (C=O) groups is 2. The van der Waals surface area contributed by atoms with E-state index >= 15 is 0 Å². The van der Waals surface area contributed by atoms with Gasteiger partial charge in [-0.1, -0.05) is 19.1 Å². The number of aromatic nitrogens is 2. The number of carbonyl (C=O) groups excluding carboxylic acids is 1. The van der Waals surface area contributed by atoms with Gasteiger partial charge in [-0.05, 0) is 76.1 Å². The Balaban J connectivity index is 1.61. The lowest BCUT2D eigenvalue weighted by atomic mass is 10.0. The van der Waals surface area contributed by atoms with Gasteiger partial charge in [-0.25, -0.2) is 9.78 Å². The van der Waals surface area contributed by atoms with Gasteiger partial charge in [0.25, 0.3) is 15.9 Å². The molecule has 13 nitrogen and oxygen atoms in total. The number of ether oxygens (including phenoxy) is 2. The number of benzene rings is 2. The number of aromatic carboxylic acids is 1. The summed E-state index contributed by atoms with van der Waals surface area (Å²) in [5.74, 6) is -1.21. The Morgan fingerprint density at radius 3 is 2.54 bits per heavy atom. The predicted octanol–water partition coefficient (Wildman–Crippen LogP) is 3.85. The molecule has 14 heteroatoms. The molecule has 0 saturated heterocycles. The van der Waals surface area contributed by atoms with Crippen molar-refractivity contribution in [2.24, 2.45) is 13.0 Å². The molecule has 2 heterocycles. The molecule has 0 saturated carbocycles. The van der Waals surface area contributed by atoms with Crippen LogP contribution >= 0.6 is 0 Å². The Labute approximate surface area is 282 Å². The van der Waals surface area contributed by atoms with Crippen LogP contribution in [0.15, 0.2) is 60.0 Å². The number of nitrogens with zero attached hydrogens (tertiary/aromatic N) is 4. The van der Waals surface area contributed by atoms with E-state index in [0.29, 0.717) is 31.9 Å². The van der Waals surface area contributed by atoms with Gasteiger partial charge in [0.1, 0.15) is 5.75 Å². The minimum Gasteiger partial charge on any atom is -0.490 e. The first-order chi connectivity index (χ1) is 22.8. The highest BCUT2D eigenvalue weighted by Crippen LogP contribution is 2.29. The summed E-state index contributed by atoms with van der Waals surface area (Å²) < 4.78 is 42.8. The topological polar surface area (TPSA) is 164 Å². The number of likely N-dealkylation sites (N-methyl/N-ethyl adjacent to an activating group) is 1. The zero-order valence-electron chi connectivity index (χ0n) is 28.2. The third-order valence-corrected chi connectivity index (χ3v) is 9.67. The molecular formula is C34H47N5O8S. The van der Waals surface area contributed by atoms with E-state index in [2.05, 4.69) is 14.6 Å². The molecule has 1 amide bonds. The Kier molecular flexibility index (Phi) is 12.6. The van der Waals surface area contributed by atoms with Gasteiger partial charge < -0.3 is 29.2 Å². The lowest BCUT2D eigenvalue weighted by molar-refractivity contribution is -0.0177. The molecule has 0 bridgehead atoms. The Hall–Kier alpha value is -3.98. The van der Waals surface area contributed by atoms with Crippen LogP contribution in [0.5, 0.6) is 5.75 Å². The van der Waals surface area contributed by atoms with Crippen LogP contribution in [0, 0.1) is 5.92 Å². The number of fused-ring (bicyclic) bond motifs is 1. The van der Waals surface area contributed by atoms with E-state index in [1.807, 2.05) is 20.9 Å². The summed E-state index contributed by atoms with van der Waals surface area (Å²) in [5.41, 5.74) is 1.54. The normalized spacial score (nSPS) is 20.4. The second-order valence-electron chi connectivity index (χ2n) is 12.7. The third kappa shape index (κ3) is 9.78. The maximum Gasteiger partial charge on any atom is 0.335 e. The van der Waals surface area contributed by atoms with E-state index in [1.54, 1.807) is 55.3 Å². The van der Waals surface area contributed by atoms with Crippen molar-refractivity contribution >= 4 is 27.6 Å². The van der Waals surface area contributed by atoms with Crippen molar-refractivity contribution in [2.45, 2.75) is 69.9 Å². The van der Waals surface area contributed by atoms with Crippen LogP contribution in [0.4, 0.5) is 5.69 Å². The molecule has 262 valence electrons. The molecule has 3 aromatic rings. The summed E-state index contributed by atoms with van der Waals surface area (Å²) in [6.07, 6.45) is 4.65. The highest BCUT2D eigenvalue weighted by atomic mass is 32.2. The number of carboxylic acids is 1. The summed E-state index contributed by atoms with van der Waals surface area (Å²) >= 11 is 0. The van der Waals surface area contributed by atoms with Crippen LogP contribution < -0.4 is 9.46 Å². The van der Waals surface area contributed by atoms with Gasteiger partial charge in [-0.3, -0.25) is 14.4 Å². The first-order valence-corrected chi connectivity index (χ1v) is 17.6. The monoisotopic (exact) mass is 685 g/mol. The van der Waals surface area contributed by atoms with Crippen LogP contribution in [0.2, 0.25) is 0 Å². The van der Waals surface area contributed by atoms with Crippen molar-refractivity contribution in [3.05, 3.63) is 71.7 Å². The molecule has 0 fully saturated rings. The second-order valence-corrected chi connectivity index (χ2v) is 14.3. The molecule has 0 spiro atoms. The van der Waals surface area contributed by atoms with Crippen LogP contribution in [0.1, 0.15) is 66.3 Å². The number of hydrogen-bond acceptors (Lipinski definition) is 9. The summed E-state index contributed by atoms with van der Waals surface area (Å²) in [6, 6.07) is 10.8. The van der Waals surface area contributed by atoms with E-state index in [4.69, 9.17) is 9.47 Å². The summed E-state index contributed by atoms with van der Waals surface area (Å²) in [4.78, 5) is 33.2. The number of aryl methyl sites for hydroxylation is 1. The number of nitrogens with one attached hydrogen (secondary N) is 1. The molecule has 3 N–H and O–H groups in total. The molecular weight excluding hydrogens is 638 g/mol. The van der Waals surface area contributed by atoms with Gasteiger partial charge in [0.15, 0.2) is 5.03 Å². The van der Waals surface area contributed by atoms with E-state index < -0.39 is 27.9 Å². The Morgan fingerprint density at radius 2 is 1.90 bits per heavy atom. The number of aliphatic hydroxyl groups excluding tert-OH is 1. The summed E-state index contributed by atoms with van der Waals surface area (Å²) in [6.45, 7) is 7.31. The number of anilines is 1. The van der Waals surface area contributed by atoms with Gasteiger partial charge >= 0.3 is 5.97 Å². The van der Waals surface area contributed by atoms with E-state index in [9.17, 15) is 28.2 Å². The zero-order valence-corrected chi connectivity index (χ0v) is 29.0. The van der Waals surface area contributed by atoms with Crippen LogP contribution in [0.25, 0.3) is 0 Å². The molecule has 0 aliphatic carbocycles. The Bertz CT molecular complexity index is 1650. The van der Waals surface area contributed by atoms with E-state index in [0.717, 1.165) is 18.4 Å². The number of hydrogen-bond donors (Lipinski definition) is 3. The molecule has 1 aliphatic rings. The number of imidazole rings is 1. The average molecular weight is 686 g/mol. The fourth-order valence-corrected chi connectivity index (χ4v) is 6.65. The number of carboxylic acid groups (broad SMARTS) is 1. The zero-order chi connectivity index (χ0) is 35.0. The molecule has 4 rings (SSSR count). The number of sulfonamides is 1. The van der Waals surface area contributed by atoms with E-state index in [1.165, 1.54) is 23.2 Å². The molecule has 1 aliphatic heterocycles. The fraction of sp³-hybridized carbons (Fsp3) is 0.500. The quantitative estimate of drug-likeness (QED) is 0.286. The SMILES string of the molecule is C[C@H](CO)N1C[C@H](C)[C@@H](CN(C)Cc2ccc(C(=O)O)cc2)OCCCC[C@H](C)Oc2ccc(NS(=O)(=O)c3cn(C)cn3)cc2C1=O. The largest absolute Gasteiger partial charge is 0.490 e. The van der Waals surface area contributed by atoms with Gasteiger partial charge in [0.05, 0.1) is 42.3 Å². The third-order valence-electron chi connectivity index (χ3n) is 8.41. The minimum atomic E-state index is -4.02. The fourth-order valence-electron chi connectivity index (χ4n) is 5.62. The lowest BCUT2D eigenvalue weighted by Crippen LogP contribution is -2.47. The van der Waals surface area contributed by atoms with Gasteiger partial charge in [0, 0.05) is 51.1 Å². The van der Waals surface area contributed by atoms with Crippen LogP contribution in [0.3, 0.4) is 0 Å². The lowest BCUT2D eigenvalue weighted by Gasteiger charge is -2.36. The summed E-state index contributed by atoms with van der Waals surface area (Å²) in [7, 11) is -0.386. The van der Waals surface area contributed by atoms with Crippen LogP contribution in [-0.2, 0) is 28.4 Å². The highest BCUT2D eigenvalue weighted by molar-refractivity contribution is 7.92. The van der Waals surface area contributed by atoms with Gasteiger partial charge in [-0.15, -0.1) is 0 Å². The molecule has 0 radical (unpaired) electrons. The first kappa shape index (κ1) is 36.8. The molecule has 48 heavy (non-hydrogen) atoms.